The molecule has 0 radical (unpaired) electrons. The summed E-state index contributed by atoms with van der Waals surface area (Å²) in [5.41, 5.74) is 3.54. The summed E-state index contributed by atoms with van der Waals surface area (Å²) >= 11 is 0. The number of fused-ring (bicyclic) bond motifs is 2. The summed E-state index contributed by atoms with van der Waals surface area (Å²) in [7, 11) is 1.21. The van der Waals surface area contributed by atoms with Gasteiger partial charge in [-0.25, -0.2) is 8.42 Å². The largest absolute Gasteiger partial charge is 0.747 e. The minimum absolute atomic E-state index is 0.0992. The lowest BCUT2D eigenvalue weighted by atomic mass is 9.88. The van der Waals surface area contributed by atoms with Crippen LogP contribution in [0.4, 0.5) is 8.63 Å². The van der Waals surface area contributed by atoms with Crippen molar-refractivity contribution in [3.63, 3.8) is 0 Å². The number of ketones is 1. The summed E-state index contributed by atoms with van der Waals surface area (Å²) in [5.74, 6) is -2.78. The van der Waals surface area contributed by atoms with E-state index in [0.29, 0.717) is 39.6 Å². The number of halogens is 2. The zero-order chi connectivity index (χ0) is 32.2. The molecule has 3 aliphatic rings. The van der Waals surface area contributed by atoms with Gasteiger partial charge in [0.2, 0.25) is 11.8 Å². The molecule has 0 N–H and O–H groups in total. The molecule has 1 fully saturated rings. The van der Waals surface area contributed by atoms with Crippen molar-refractivity contribution in [1.29, 1.82) is 0 Å². The topological polar surface area (TPSA) is 120 Å². The van der Waals surface area contributed by atoms with Crippen LogP contribution in [0.2, 0.25) is 0 Å². The molecule has 0 spiro atoms. The van der Waals surface area contributed by atoms with E-state index in [9.17, 15) is 27.4 Å². The summed E-state index contributed by atoms with van der Waals surface area (Å²) in [6.45, 7) is -2.49. The van der Waals surface area contributed by atoms with Crippen LogP contribution < -0.4 is 0 Å². The first-order valence-corrected chi connectivity index (χ1v) is 15.9. The zero-order valence-corrected chi connectivity index (χ0v) is 25.9. The van der Waals surface area contributed by atoms with Crippen LogP contribution in [0.3, 0.4) is 0 Å². The first-order chi connectivity index (χ1) is 20.5. The molecular formula is C30H35BF2N4O6S. The summed E-state index contributed by atoms with van der Waals surface area (Å²) in [5, 5.41) is -2.05. The smallest absolute Gasteiger partial charge is 0.737 e. The quantitative estimate of drug-likeness (QED) is 0.163. The minimum atomic E-state index is -5.05. The number of carbonyl (C=O) groups excluding carboxylic acids is 3. The van der Waals surface area contributed by atoms with Gasteiger partial charge in [-0.2, -0.15) is 0 Å². The van der Waals surface area contributed by atoms with Crippen LogP contribution in [-0.4, -0.2) is 101 Å². The maximum atomic E-state index is 16.7. The third-order valence-electron chi connectivity index (χ3n) is 8.30. The summed E-state index contributed by atoms with van der Waals surface area (Å²) < 4.78 is 70.3. The second-order valence-corrected chi connectivity index (χ2v) is 14.2. The van der Waals surface area contributed by atoms with Crippen LogP contribution in [0.5, 0.6) is 0 Å². The van der Waals surface area contributed by atoms with Crippen LogP contribution >= 0.6 is 0 Å². The van der Waals surface area contributed by atoms with Crippen LogP contribution in [0.15, 0.2) is 53.7 Å². The Balaban J connectivity index is 1.43. The van der Waals surface area contributed by atoms with Gasteiger partial charge in [0.15, 0.2) is 17.2 Å². The molecule has 0 aliphatic carbocycles. The van der Waals surface area contributed by atoms with E-state index in [1.165, 1.54) is 0 Å². The normalized spacial score (nSPS) is 19.7. The fourth-order valence-electron chi connectivity index (χ4n) is 6.16. The molecule has 234 valence electrons. The highest BCUT2D eigenvalue weighted by Gasteiger charge is 2.54. The number of likely N-dealkylation sites (tertiary alicyclic amines) is 1. The van der Waals surface area contributed by atoms with Crippen molar-refractivity contribution in [2.45, 2.75) is 44.3 Å². The third kappa shape index (κ3) is 5.98. The third-order valence-corrected chi connectivity index (χ3v) is 9.37. The first-order valence-electron chi connectivity index (χ1n) is 14.5. The molecule has 44 heavy (non-hydrogen) atoms. The molecule has 2 aromatic rings. The number of carbonyl (C=O) groups is 3. The van der Waals surface area contributed by atoms with Gasteiger partial charge in [0, 0.05) is 41.8 Å². The van der Waals surface area contributed by atoms with Gasteiger partial charge in [-0.1, -0.05) is 18.2 Å². The van der Waals surface area contributed by atoms with Gasteiger partial charge in [0.05, 0.1) is 40.7 Å². The van der Waals surface area contributed by atoms with Crippen molar-refractivity contribution in [1.82, 2.24) is 9.38 Å². The highest BCUT2D eigenvalue weighted by molar-refractivity contribution is 7.87. The lowest BCUT2D eigenvalue weighted by molar-refractivity contribution is -0.870. The first kappa shape index (κ1) is 31.7. The van der Waals surface area contributed by atoms with Gasteiger partial charge in [0.1, 0.15) is 15.4 Å². The van der Waals surface area contributed by atoms with Gasteiger partial charge in [0.25, 0.3) is 0 Å². The van der Waals surface area contributed by atoms with Crippen molar-refractivity contribution < 1.29 is 45.0 Å². The van der Waals surface area contributed by atoms with Gasteiger partial charge < -0.3 is 26.6 Å². The number of rotatable bonds is 11. The van der Waals surface area contributed by atoms with E-state index in [2.05, 4.69) is 21.1 Å². The Kier molecular flexibility index (Phi) is 8.14. The molecule has 10 nitrogen and oxygen atoms in total. The number of allylic oxidation sites excluding steroid dienone is 2. The van der Waals surface area contributed by atoms with E-state index in [0.717, 1.165) is 32.0 Å². The minimum Gasteiger partial charge on any atom is -0.747 e. The molecule has 0 bridgehead atoms. The van der Waals surface area contributed by atoms with Crippen molar-refractivity contribution in [3.8, 4) is 0 Å². The molecule has 14 heteroatoms. The lowest BCUT2D eigenvalue weighted by Crippen LogP contribution is -2.51. The maximum absolute atomic E-state index is 16.7. The predicted octanol–water partition coefficient (Wildman–Crippen LogP) is 2.48. The van der Waals surface area contributed by atoms with E-state index >= 15 is 8.63 Å². The van der Waals surface area contributed by atoms with E-state index in [4.69, 9.17) is 0 Å². The Bertz CT molecular complexity index is 1760. The Labute approximate surface area is 255 Å². The van der Waals surface area contributed by atoms with Crippen molar-refractivity contribution >= 4 is 46.5 Å². The number of aromatic nitrogens is 1. The van der Waals surface area contributed by atoms with Gasteiger partial charge >= 0.3 is 6.97 Å². The number of Topliss-reactive ketones (excluding diaryl/α,β-unsaturated/α-hetero) is 1. The maximum Gasteiger partial charge on any atom is 0.737 e. The van der Waals surface area contributed by atoms with Crippen LogP contribution in [0.25, 0.3) is 6.08 Å². The molecular weight excluding hydrogens is 593 g/mol. The summed E-state index contributed by atoms with van der Waals surface area (Å²) in [4.78, 5) is 37.7. The number of amides is 2. The van der Waals surface area contributed by atoms with E-state index in [1.54, 1.807) is 43.3 Å². The van der Waals surface area contributed by atoms with Gasteiger partial charge in [-0.05, 0) is 49.2 Å². The number of imide groups is 1. The number of aryl methyl sites for hydroxylation is 2. The number of hydrogen-bond donors (Lipinski definition) is 0. The van der Waals surface area contributed by atoms with E-state index < -0.39 is 52.9 Å². The summed E-state index contributed by atoms with van der Waals surface area (Å²) in [6.07, 6.45) is 3.88. The molecule has 4 heterocycles. The highest BCUT2D eigenvalue weighted by Crippen LogP contribution is 2.39. The second kappa shape index (κ2) is 11.3. The lowest BCUT2D eigenvalue weighted by Gasteiger charge is -2.32. The van der Waals surface area contributed by atoms with Crippen molar-refractivity contribution in [2.24, 2.45) is 0 Å². The van der Waals surface area contributed by atoms with E-state index in [1.807, 2.05) is 12.1 Å². The van der Waals surface area contributed by atoms with Gasteiger partial charge in [-0.3, -0.25) is 19.3 Å². The molecule has 5 rings (SSSR count). The SMILES string of the molecule is Cc1cc(CCC(=O)CN2C(=O)CC(S(=O)(=O)[O-])C2=O)n2c1C=C1C(CCC[N+](C)(C)C)=CC(c3ccccc3)=[N+]1[B-]2(F)F. The second-order valence-electron chi connectivity index (χ2n) is 12.6. The molecule has 1 aromatic carbocycles. The number of benzene rings is 1. The molecule has 1 atom stereocenters. The van der Waals surface area contributed by atoms with Gasteiger partial charge in [-0.15, -0.1) is 0 Å². The Morgan fingerprint density at radius 2 is 1.80 bits per heavy atom. The number of nitrogens with zero attached hydrogens (tertiary/aromatic N) is 4. The predicted molar refractivity (Wildman–Crippen MR) is 160 cm³/mol. The monoisotopic (exact) mass is 628 g/mol. The van der Waals surface area contributed by atoms with Crippen LogP contribution in [0.1, 0.15) is 48.2 Å². The Hall–Kier alpha value is -3.75. The van der Waals surface area contributed by atoms with E-state index in [-0.39, 0.29) is 18.5 Å². The molecule has 2 amide bonds. The number of hydrogen-bond acceptors (Lipinski definition) is 6. The summed E-state index contributed by atoms with van der Waals surface area (Å²) in [6, 6.07) is 10.6. The average Bonchev–Trinajstić information content (AvgIpc) is 3.55. The fraction of sp³-hybridized carbons (Fsp3) is 0.400. The molecule has 1 saturated heterocycles. The molecule has 1 unspecified atom stereocenters. The zero-order valence-electron chi connectivity index (χ0n) is 25.1. The number of quaternary nitrogens is 1. The molecule has 3 aliphatic heterocycles. The van der Waals surface area contributed by atoms with Crippen LogP contribution in [-0.2, 0) is 30.9 Å². The van der Waals surface area contributed by atoms with Crippen molar-refractivity contribution in [3.05, 3.63) is 76.3 Å². The van der Waals surface area contributed by atoms with Crippen molar-refractivity contribution in [2.75, 3.05) is 34.2 Å². The van der Waals surface area contributed by atoms with Crippen LogP contribution in [0, 0.1) is 6.92 Å². The Morgan fingerprint density at radius 1 is 1.11 bits per heavy atom. The Morgan fingerprint density at radius 3 is 2.41 bits per heavy atom. The molecule has 1 aromatic heterocycles. The average molecular weight is 629 g/mol. The standard InChI is InChI=1S/C30H35BF2N4O6S/c1-20-15-23(12-13-24(38)19-34-29(39)18-28(30(34)40)44(41,42)43)35-25(20)17-27-22(11-8-14-37(2,3)4)16-26(36(27)31(35,32)33)21-9-6-5-7-10-21/h5-7,9-10,15-17,28H,8,11-14,18-19H2,1-4H3. The fourth-order valence-corrected chi connectivity index (χ4v) is 6.88. The molecule has 0 saturated carbocycles. The highest BCUT2D eigenvalue weighted by atomic mass is 32.2.